The first-order chi connectivity index (χ1) is 9.90. The van der Waals surface area contributed by atoms with Crippen molar-refractivity contribution in [2.24, 2.45) is 0 Å². The van der Waals surface area contributed by atoms with Gasteiger partial charge in [0.1, 0.15) is 0 Å². The maximum Gasteiger partial charge on any atom is 0.156 e. The quantitative estimate of drug-likeness (QED) is 0.870. The number of aromatic nitrogens is 3. The number of fused-ring (bicyclic) bond motifs is 1. The molecule has 4 rings (SSSR count). The fourth-order valence-corrected chi connectivity index (χ4v) is 2.95. The molecule has 4 heterocycles. The molecule has 0 bridgehead atoms. The zero-order chi connectivity index (χ0) is 13.4. The Balaban J connectivity index is 1.64. The van der Waals surface area contributed by atoms with Crippen molar-refractivity contribution in [1.82, 2.24) is 19.9 Å². The molecule has 0 amide bonds. The average Bonchev–Trinajstić information content (AvgIpc) is 3.16. The lowest BCUT2D eigenvalue weighted by atomic mass is 10.1. The van der Waals surface area contributed by atoms with E-state index in [1.165, 1.54) is 5.69 Å². The van der Waals surface area contributed by atoms with Crippen LogP contribution >= 0.6 is 0 Å². The van der Waals surface area contributed by atoms with Crippen LogP contribution < -0.4 is 10.2 Å². The van der Waals surface area contributed by atoms with Crippen LogP contribution in [-0.2, 0) is 4.74 Å². The summed E-state index contributed by atoms with van der Waals surface area (Å²) in [5, 5.41) is 8.02. The van der Waals surface area contributed by atoms with E-state index in [0.29, 0.717) is 5.92 Å². The van der Waals surface area contributed by atoms with Crippen molar-refractivity contribution in [3.05, 3.63) is 24.2 Å². The first-order valence-corrected chi connectivity index (χ1v) is 7.30. The Hall–Kier alpha value is -1.66. The summed E-state index contributed by atoms with van der Waals surface area (Å²) in [6, 6.07) is 4.19. The summed E-state index contributed by atoms with van der Waals surface area (Å²) in [7, 11) is 0. The van der Waals surface area contributed by atoms with Gasteiger partial charge in [-0.1, -0.05) is 0 Å². The van der Waals surface area contributed by atoms with Gasteiger partial charge in [-0.3, -0.25) is 0 Å². The molecule has 6 heteroatoms. The van der Waals surface area contributed by atoms with Gasteiger partial charge in [-0.25, -0.2) is 9.50 Å². The second-order valence-corrected chi connectivity index (χ2v) is 5.45. The van der Waals surface area contributed by atoms with Gasteiger partial charge in [0.2, 0.25) is 0 Å². The van der Waals surface area contributed by atoms with Crippen molar-refractivity contribution in [3.8, 4) is 0 Å². The second-order valence-electron chi connectivity index (χ2n) is 5.45. The van der Waals surface area contributed by atoms with Gasteiger partial charge in [0.25, 0.3) is 0 Å². The van der Waals surface area contributed by atoms with Gasteiger partial charge in [0.05, 0.1) is 25.1 Å². The van der Waals surface area contributed by atoms with Gasteiger partial charge in [-0.05, 0) is 25.1 Å². The highest BCUT2D eigenvalue weighted by atomic mass is 16.5. The van der Waals surface area contributed by atoms with Crippen molar-refractivity contribution in [3.63, 3.8) is 0 Å². The van der Waals surface area contributed by atoms with E-state index >= 15 is 0 Å². The first kappa shape index (κ1) is 12.1. The van der Waals surface area contributed by atoms with Crippen molar-refractivity contribution in [2.75, 3.05) is 44.3 Å². The molecule has 1 atom stereocenters. The van der Waals surface area contributed by atoms with Gasteiger partial charge in [-0.15, -0.1) is 0 Å². The Morgan fingerprint density at radius 1 is 1.25 bits per heavy atom. The number of nitrogens with one attached hydrogen (secondary N) is 1. The van der Waals surface area contributed by atoms with E-state index in [1.807, 2.05) is 4.52 Å². The standard InChI is InChI=1S/C14H19N5O/c1-2-13-16-14(11-3-4-15-9-11)17-19(13)10-12(1)18-5-7-20-8-6-18/h1-2,10-11,15H,3-9H2/t11-/m0/s1. The molecule has 2 saturated heterocycles. The molecule has 2 fully saturated rings. The SMILES string of the molecule is c1cc2nc([C@H]3CCNC3)nn2cc1N1CCOCC1. The van der Waals surface area contributed by atoms with Crippen molar-refractivity contribution >= 4 is 11.3 Å². The molecule has 0 aromatic carbocycles. The number of rotatable bonds is 2. The molecule has 2 aromatic heterocycles. The Labute approximate surface area is 117 Å². The fourth-order valence-electron chi connectivity index (χ4n) is 2.95. The Kier molecular flexibility index (Phi) is 3.05. The van der Waals surface area contributed by atoms with Gasteiger partial charge in [0.15, 0.2) is 11.5 Å². The lowest BCUT2D eigenvalue weighted by Crippen LogP contribution is -2.36. The van der Waals surface area contributed by atoms with Crippen LogP contribution in [0, 0.1) is 0 Å². The minimum Gasteiger partial charge on any atom is -0.378 e. The molecule has 1 N–H and O–H groups in total. The maximum atomic E-state index is 5.40. The predicted octanol–water partition coefficient (Wildman–Crippen LogP) is 0.643. The molecule has 2 aliphatic heterocycles. The minimum absolute atomic E-state index is 0.460. The van der Waals surface area contributed by atoms with Crippen LogP contribution in [0.3, 0.4) is 0 Å². The van der Waals surface area contributed by atoms with E-state index < -0.39 is 0 Å². The molecule has 0 spiro atoms. The van der Waals surface area contributed by atoms with Crippen molar-refractivity contribution in [1.29, 1.82) is 0 Å². The van der Waals surface area contributed by atoms with E-state index in [4.69, 9.17) is 4.74 Å². The smallest absolute Gasteiger partial charge is 0.156 e. The topological polar surface area (TPSA) is 54.7 Å². The summed E-state index contributed by atoms with van der Waals surface area (Å²) in [4.78, 5) is 6.98. The third kappa shape index (κ3) is 2.14. The Morgan fingerprint density at radius 3 is 2.95 bits per heavy atom. The van der Waals surface area contributed by atoms with Crippen molar-refractivity contribution in [2.45, 2.75) is 12.3 Å². The number of hydrogen-bond acceptors (Lipinski definition) is 5. The highest BCUT2D eigenvalue weighted by Gasteiger charge is 2.21. The van der Waals surface area contributed by atoms with E-state index in [0.717, 1.165) is 57.3 Å². The first-order valence-electron chi connectivity index (χ1n) is 7.30. The van der Waals surface area contributed by atoms with Crippen LogP contribution in [0.15, 0.2) is 18.3 Å². The second kappa shape index (κ2) is 5.03. The lowest BCUT2D eigenvalue weighted by molar-refractivity contribution is 0.122. The summed E-state index contributed by atoms with van der Waals surface area (Å²) in [5.74, 6) is 1.43. The molecule has 0 radical (unpaired) electrons. The summed E-state index contributed by atoms with van der Waals surface area (Å²) >= 11 is 0. The number of hydrogen-bond donors (Lipinski definition) is 1. The predicted molar refractivity (Wildman–Crippen MR) is 76.2 cm³/mol. The van der Waals surface area contributed by atoms with E-state index in [2.05, 4.69) is 38.6 Å². The third-order valence-electron chi connectivity index (χ3n) is 4.13. The number of morpholine rings is 1. The molecule has 0 aliphatic carbocycles. The molecule has 0 saturated carbocycles. The summed E-state index contributed by atoms with van der Waals surface area (Å²) in [6.07, 6.45) is 3.22. The molecule has 0 unspecified atom stereocenters. The Bertz CT molecular complexity index is 599. The largest absolute Gasteiger partial charge is 0.378 e. The molecule has 20 heavy (non-hydrogen) atoms. The summed E-state index contributed by atoms with van der Waals surface area (Å²) in [6.45, 7) is 5.55. The average molecular weight is 273 g/mol. The van der Waals surface area contributed by atoms with Crippen LogP contribution in [0.25, 0.3) is 5.65 Å². The van der Waals surface area contributed by atoms with E-state index in [9.17, 15) is 0 Å². The molecule has 2 aliphatic rings. The molecule has 2 aromatic rings. The minimum atomic E-state index is 0.460. The maximum absolute atomic E-state index is 5.40. The Morgan fingerprint density at radius 2 is 2.15 bits per heavy atom. The summed E-state index contributed by atoms with van der Waals surface area (Å²) in [5.41, 5.74) is 2.13. The van der Waals surface area contributed by atoms with Crippen LogP contribution in [-0.4, -0.2) is 54.0 Å². The monoisotopic (exact) mass is 273 g/mol. The van der Waals surface area contributed by atoms with Crippen molar-refractivity contribution < 1.29 is 4.74 Å². The van der Waals surface area contributed by atoms with Gasteiger partial charge >= 0.3 is 0 Å². The number of ether oxygens (including phenoxy) is 1. The van der Waals surface area contributed by atoms with Gasteiger partial charge in [-0.2, -0.15) is 5.10 Å². The molecule has 106 valence electrons. The fraction of sp³-hybridized carbons (Fsp3) is 0.571. The van der Waals surface area contributed by atoms with E-state index in [-0.39, 0.29) is 0 Å². The number of nitrogens with zero attached hydrogens (tertiary/aromatic N) is 4. The zero-order valence-electron chi connectivity index (χ0n) is 11.5. The molecular formula is C14H19N5O. The van der Waals surface area contributed by atoms with Crippen LogP contribution in [0.5, 0.6) is 0 Å². The van der Waals surface area contributed by atoms with Crippen LogP contribution in [0.2, 0.25) is 0 Å². The van der Waals surface area contributed by atoms with E-state index in [1.54, 1.807) is 0 Å². The molecule has 6 nitrogen and oxygen atoms in total. The number of pyridine rings is 1. The third-order valence-corrected chi connectivity index (χ3v) is 4.13. The van der Waals surface area contributed by atoms with Crippen LogP contribution in [0.4, 0.5) is 5.69 Å². The van der Waals surface area contributed by atoms with Gasteiger partial charge in [0, 0.05) is 25.6 Å². The normalized spacial score (nSPS) is 23.6. The highest BCUT2D eigenvalue weighted by Crippen LogP contribution is 2.21. The number of anilines is 1. The summed E-state index contributed by atoms with van der Waals surface area (Å²) < 4.78 is 7.31. The lowest BCUT2D eigenvalue weighted by Gasteiger charge is -2.28. The van der Waals surface area contributed by atoms with Crippen LogP contribution in [0.1, 0.15) is 18.2 Å². The highest BCUT2D eigenvalue weighted by molar-refractivity contribution is 5.51. The molecular weight excluding hydrogens is 254 g/mol. The van der Waals surface area contributed by atoms with Gasteiger partial charge < -0.3 is 15.0 Å². The zero-order valence-corrected chi connectivity index (χ0v) is 11.5.